The molecule has 10 heteroatoms. The van der Waals surface area contributed by atoms with E-state index in [1.165, 1.54) is 15.2 Å². The first-order valence-corrected chi connectivity index (χ1v) is 8.26. The Morgan fingerprint density at radius 2 is 2.04 bits per heavy atom. The van der Waals surface area contributed by atoms with Crippen LogP contribution in [-0.4, -0.2) is 37.7 Å². The Morgan fingerprint density at radius 1 is 1.30 bits per heavy atom. The van der Waals surface area contributed by atoms with E-state index in [-0.39, 0.29) is 37.7 Å². The molecule has 3 rings (SSSR count). The Morgan fingerprint density at radius 3 is 2.70 bits per heavy atom. The first-order valence-electron chi connectivity index (χ1n) is 8.26. The summed E-state index contributed by atoms with van der Waals surface area (Å²) in [6.07, 6.45) is -3.31. The average molecular weight is 389 g/mol. The summed E-state index contributed by atoms with van der Waals surface area (Å²) in [6.45, 7) is 0.588. The lowest BCUT2D eigenvalue weighted by Crippen LogP contribution is -2.35. The van der Waals surface area contributed by atoms with Gasteiger partial charge in [0.25, 0.3) is 0 Å². The van der Waals surface area contributed by atoms with Crippen molar-refractivity contribution < 1.29 is 31.6 Å². The molecule has 27 heavy (non-hydrogen) atoms. The molecule has 1 aromatic carbocycles. The van der Waals surface area contributed by atoms with E-state index < -0.39 is 29.5 Å². The lowest BCUT2D eigenvalue weighted by Gasteiger charge is -2.15. The maximum absolute atomic E-state index is 13.2. The van der Waals surface area contributed by atoms with Crippen molar-refractivity contribution in [1.82, 2.24) is 9.55 Å². The van der Waals surface area contributed by atoms with E-state index in [2.05, 4.69) is 4.98 Å². The number of alkyl halides is 3. The highest BCUT2D eigenvalue weighted by Crippen LogP contribution is 2.29. The van der Waals surface area contributed by atoms with Gasteiger partial charge in [-0.2, -0.15) is 17.7 Å². The molecule has 1 aliphatic heterocycles. The van der Waals surface area contributed by atoms with E-state index in [0.717, 1.165) is 18.3 Å². The fraction of sp³-hybridized carbons (Fsp3) is 0.412. The summed E-state index contributed by atoms with van der Waals surface area (Å²) < 4.78 is 67.4. The van der Waals surface area contributed by atoms with E-state index in [9.17, 15) is 27.1 Å². The number of imidazole rings is 1. The highest BCUT2D eigenvalue weighted by Gasteiger charge is 2.36. The summed E-state index contributed by atoms with van der Waals surface area (Å²) in [5, 5.41) is 10.3. The van der Waals surface area contributed by atoms with E-state index in [0.29, 0.717) is 12.1 Å². The van der Waals surface area contributed by atoms with Crippen LogP contribution in [0.2, 0.25) is 0 Å². The molecule has 1 aromatic heterocycles. The quantitative estimate of drug-likeness (QED) is 0.480. The van der Waals surface area contributed by atoms with E-state index in [1.807, 2.05) is 0 Å². The zero-order valence-electron chi connectivity index (χ0n) is 14.2. The number of halogens is 5. The highest BCUT2D eigenvalue weighted by molar-refractivity contribution is 5.69. The lowest BCUT2D eigenvalue weighted by molar-refractivity contribution is -0.561. The summed E-state index contributed by atoms with van der Waals surface area (Å²) in [5.74, 6) is -1.80. The third-order valence-corrected chi connectivity index (χ3v) is 4.38. The van der Waals surface area contributed by atoms with Gasteiger partial charge in [0.15, 0.2) is 29.7 Å². The summed E-state index contributed by atoms with van der Waals surface area (Å²) >= 11 is 0. The summed E-state index contributed by atoms with van der Waals surface area (Å²) in [7, 11) is 0. The van der Waals surface area contributed by atoms with Crippen LogP contribution in [-0.2, 0) is 25.7 Å². The van der Waals surface area contributed by atoms with Crippen molar-refractivity contribution in [3.63, 3.8) is 0 Å². The van der Waals surface area contributed by atoms with Gasteiger partial charge in [0.05, 0.1) is 13.0 Å². The molecule has 5 nitrogen and oxygen atoms in total. The number of aromatic nitrogens is 2. The summed E-state index contributed by atoms with van der Waals surface area (Å²) in [5.41, 5.74) is 5.48. The van der Waals surface area contributed by atoms with Crippen LogP contribution in [0.3, 0.4) is 0 Å². The molecule has 0 spiro atoms. The Hall–Kier alpha value is -2.49. The number of fused-ring (bicyclic) bond motifs is 1. The monoisotopic (exact) mass is 389 g/mol. The number of aliphatic hydroxyl groups excluding tert-OH is 1. The van der Waals surface area contributed by atoms with Crippen LogP contribution in [0.25, 0.3) is 0 Å². The Balaban J connectivity index is 1.67. The number of nitrogens with zero attached hydrogens (tertiary/aromatic N) is 3. The van der Waals surface area contributed by atoms with Crippen molar-refractivity contribution in [3.05, 3.63) is 53.1 Å². The minimum absolute atomic E-state index is 0.0276. The number of nitrogens with two attached hydrogens (primary N) is 1. The number of rotatable bonds is 4. The minimum Gasteiger partial charge on any atom is -0.463 e. The maximum atomic E-state index is 13.2. The predicted molar refractivity (Wildman–Crippen MR) is 86.4 cm³/mol. The van der Waals surface area contributed by atoms with Gasteiger partial charge in [0.1, 0.15) is 0 Å². The lowest BCUT2D eigenvalue weighted by atomic mass is 10.0. The minimum atomic E-state index is -4.52. The second kappa shape index (κ2) is 7.26. The molecular weight excluding hydrogens is 371 g/mol. The van der Waals surface area contributed by atoms with Crippen LogP contribution in [0.5, 0.6) is 0 Å². The van der Waals surface area contributed by atoms with Gasteiger partial charge < -0.3 is 15.4 Å². The molecule has 0 amide bonds. The van der Waals surface area contributed by atoms with E-state index in [1.54, 1.807) is 0 Å². The van der Waals surface area contributed by atoms with Gasteiger partial charge in [-0.1, -0.05) is 6.07 Å². The van der Waals surface area contributed by atoms with Gasteiger partial charge >= 0.3 is 12.1 Å². The van der Waals surface area contributed by atoms with Crippen LogP contribution in [0.15, 0.2) is 24.4 Å². The van der Waals surface area contributed by atoms with Crippen molar-refractivity contribution in [2.75, 3.05) is 6.54 Å². The number of benzene rings is 1. The maximum Gasteiger partial charge on any atom is 0.434 e. The second-order valence-electron chi connectivity index (χ2n) is 6.49. The molecule has 0 radical (unpaired) electrons. The molecule has 1 aliphatic rings. The van der Waals surface area contributed by atoms with Gasteiger partial charge in [0, 0.05) is 12.2 Å². The van der Waals surface area contributed by atoms with Crippen LogP contribution in [0.4, 0.5) is 22.0 Å². The Bertz CT molecular complexity index is 875. The van der Waals surface area contributed by atoms with E-state index in [4.69, 9.17) is 5.73 Å². The van der Waals surface area contributed by atoms with Gasteiger partial charge in [-0.05, 0) is 24.1 Å². The first-order chi connectivity index (χ1) is 12.6. The molecule has 146 valence electrons. The molecule has 0 fully saturated rings. The topological polar surface area (TPSA) is 67.1 Å². The predicted octanol–water partition coefficient (Wildman–Crippen LogP) is 2.62. The molecule has 0 saturated heterocycles. The smallest absolute Gasteiger partial charge is 0.434 e. The Kier molecular flexibility index (Phi) is 5.18. The zero-order chi connectivity index (χ0) is 19.8. The molecule has 0 bridgehead atoms. The molecule has 0 unspecified atom stereocenters. The van der Waals surface area contributed by atoms with Gasteiger partial charge in [-0.15, -0.1) is 0 Å². The molecule has 0 saturated carbocycles. The molecule has 1 atom stereocenters. The molecule has 0 aliphatic carbocycles. The van der Waals surface area contributed by atoms with Crippen molar-refractivity contribution in [1.29, 1.82) is 0 Å². The fourth-order valence-corrected chi connectivity index (χ4v) is 3.01. The average Bonchev–Trinajstić information content (AvgIpc) is 3.01. The van der Waals surface area contributed by atoms with E-state index >= 15 is 0 Å². The van der Waals surface area contributed by atoms with Crippen molar-refractivity contribution >= 4 is 5.90 Å². The molecule has 2 aromatic rings. The number of hydrogen-bond acceptors (Lipinski definition) is 2. The van der Waals surface area contributed by atoms with Crippen LogP contribution in [0, 0.1) is 11.6 Å². The first kappa shape index (κ1) is 19.3. The van der Waals surface area contributed by atoms with Crippen molar-refractivity contribution in [3.8, 4) is 0 Å². The van der Waals surface area contributed by atoms with Crippen LogP contribution < -0.4 is 5.73 Å². The second-order valence-corrected chi connectivity index (χ2v) is 6.49. The largest absolute Gasteiger partial charge is 0.463 e. The normalized spacial score (nSPS) is 17.6. The summed E-state index contributed by atoms with van der Waals surface area (Å²) in [4.78, 5) is 3.58. The highest BCUT2D eigenvalue weighted by atomic mass is 19.4. The van der Waals surface area contributed by atoms with Crippen LogP contribution >= 0.6 is 0 Å². The van der Waals surface area contributed by atoms with Crippen molar-refractivity contribution in [2.24, 2.45) is 5.73 Å². The standard InChI is InChI=1S/C17H17F5N4O/c18-12-2-1-10(6-13(12)19)5-11(23)7-16(27)26-4-3-25-8-14(17(20,21)22)24-15(25)9-26/h1-2,6,8,11H,3-5,7,9,23H2/p+1/t11-/m1/s1. The van der Waals surface area contributed by atoms with Gasteiger partial charge in [-0.25, -0.2) is 13.8 Å². The number of hydrogen-bond donors (Lipinski definition) is 2. The Labute approximate surface area is 151 Å². The third kappa shape index (κ3) is 4.44. The summed E-state index contributed by atoms with van der Waals surface area (Å²) in [6, 6.07) is 2.89. The molecule has 3 N–H and O–H groups in total. The fourth-order valence-electron chi connectivity index (χ4n) is 3.01. The SMILES string of the molecule is N[C@@H](CC(O)=[N+]1CCn2cc(C(F)(F)F)nc2C1)Cc1ccc(F)c(F)c1. The van der Waals surface area contributed by atoms with Gasteiger partial charge in [-0.3, -0.25) is 0 Å². The van der Waals surface area contributed by atoms with Crippen LogP contribution in [0.1, 0.15) is 23.5 Å². The van der Waals surface area contributed by atoms with Crippen molar-refractivity contribution in [2.45, 2.75) is 38.1 Å². The zero-order valence-corrected chi connectivity index (χ0v) is 14.2. The molecule has 2 heterocycles. The van der Waals surface area contributed by atoms with Gasteiger partial charge in [0.2, 0.25) is 6.54 Å². The molecular formula is C17H18F5N4O+. The third-order valence-electron chi connectivity index (χ3n) is 4.38. The number of aliphatic hydroxyl groups is 1.